The highest BCUT2D eigenvalue weighted by Crippen LogP contribution is 2.24. The average molecular weight is 397 g/mol. The molecule has 0 atom stereocenters. The molecular weight excluding hydrogens is 372 g/mol. The first-order chi connectivity index (χ1) is 12.1. The molecule has 0 saturated heterocycles. The van der Waals surface area contributed by atoms with Crippen molar-refractivity contribution >= 4 is 25.7 Å². The molecule has 2 aromatic carbocycles. The lowest BCUT2D eigenvalue weighted by atomic mass is 10.1. The van der Waals surface area contributed by atoms with Gasteiger partial charge in [0.2, 0.25) is 10.0 Å². The molecule has 0 fully saturated rings. The van der Waals surface area contributed by atoms with Gasteiger partial charge in [0.1, 0.15) is 0 Å². The van der Waals surface area contributed by atoms with Crippen LogP contribution in [0.2, 0.25) is 0 Å². The van der Waals surface area contributed by atoms with Gasteiger partial charge in [0.05, 0.1) is 15.5 Å². The Morgan fingerprint density at radius 2 is 1.58 bits per heavy atom. The Balaban J connectivity index is 2.35. The van der Waals surface area contributed by atoms with Crippen molar-refractivity contribution < 1.29 is 16.8 Å². The Hall–Kier alpha value is -1.90. The van der Waals surface area contributed by atoms with E-state index in [0.717, 1.165) is 22.7 Å². The van der Waals surface area contributed by atoms with E-state index in [0.29, 0.717) is 5.56 Å². The highest BCUT2D eigenvalue weighted by Gasteiger charge is 2.21. The summed E-state index contributed by atoms with van der Waals surface area (Å²) >= 11 is 0. The van der Waals surface area contributed by atoms with Crippen LogP contribution in [-0.4, -0.2) is 35.2 Å². The third-order valence-electron chi connectivity index (χ3n) is 3.97. The second-order valence-electron chi connectivity index (χ2n) is 6.27. The molecule has 0 aliphatic carbocycles. The van der Waals surface area contributed by atoms with Crippen molar-refractivity contribution in [2.24, 2.45) is 0 Å². The Kier molecular flexibility index (Phi) is 6.10. The second-order valence-corrected chi connectivity index (χ2v) is 10.1. The Labute approximate surface area is 156 Å². The fourth-order valence-electron chi connectivity index (χ4n) is 2.48. The number of sulfonamides is 2. The maximum Gasteiger partial charge on any atom is 0.261 e. The topological polar surface area (TPSA) is 83.5 Å². The van der Waals surface area contributed by atoms with Gasteiger partial charge < -0.3 is 0 Å². The van der Waals surface area contributed by atoms with Gasteiger partial charge in [-0.2, -0.15) is 0 Å². The fourth-order valence-corrected chi connectivity index (χ4v) is 4.67. The quantitative estimate of drug-likeness (QED) is 0.780. The minimum Gasteiger partial charge on any atom is -0.280 e. The van der Waals surface area contributed by atoms with Crippen LogP contribution in [0.25, 0.3) is 0 Å². The summed E-state index contributed by atoms with van der Waals surface area (Å²) in [5.74, 6) is 0. The van der Waals surface area contributed by atoms with Crippen LogP contribution in [0.5, 0.6) is 0 Å². The molecule has 0 aliphatic heterocycles. The van der Waals surface area contributed by atoms with Crippen LogP contribution < -0.4 is 4.72 Å². The van der Waals surface area contributed by atoms with Crippen molar-refractivity contribution in [3.8, 4) is 0 Å². The van der Waals surface area contributed by atoms with Crippen LogP contribution >= 0.6 is 0 Å². The van der Waals surface area contributed by atoms with E-state index in [4.69, 9.17) is 0 Å². The van der Waals surface area contributed by atoms with E-state index in [2.05, 4.69) is 11.6 Å². The minimum absolute atomic E-state index is 0.0704. The molecule has 0 amide bonds. The van der Waals surface area contributed by atoms with Gasteiger partial charge in [0.15, 0.2) is 0 Å². The minimum atomic E-state index is -3.80. The molecule has 0 aliphatic rings. The SMILES string of the molecule is CCCc1ccc(S(=O)(=O)Nc2ccc(C)c(S(=O)(=O)N(C)C)c2)cc1. The van der Waals surface area contributed by atoms with E-state index in [1.807, 2.05) is 0 Å². The van der Waals surface area contributed by atoms with Crippen LogP contribution in [0.15, 0.2) is 52.3 Å². The predicted molar refractivity (Wildman–Crippen MR) is 103 cm³/mol. The number of benzene rings is 2. The molecule has 0 bridgehead atoms. The number of hydrogen-bond acceptors (Lipinski definition) is 4. The summed E-state index contributed by atoms with van der Waals surface area (Å²) in [5, 5.41) is 0. The van der Waals surface area contributed by atoms with Crippen LogP contribution in [0.3, 0.4) is 0 Å². The van der Waals surface area contributed by atoms with Gasteiger partial charge in [-0.05, 0) is 48.7 Å². The van der Waals surface area contributed by atoms with Crippen molar-refractivity contribution in [3.05, 3.63) is 53.6 Å². The number of hydrogen-bond donors (Lipinski definition) is 1. The van der Waals surface area contributed by atoms with Crippen molar-refractivity contribution in [2.75, 3.05) is 18.8 Å². The van der Waals surface area contributed by atoms with Crippen molar-refractivity contribution in [3.63, 3.8) is 0 Å². The summed E-state index contributed by atoms with van der Waals surface area (Å²) in [6, 6.07) is 11.2. The molecular formula is C18H24N2O4S2. The highest BCUT2D eigenvalue weighted by molar-refractivity contribution is 7.92. The van der Waals surface area contributed by atoms with Gasteiger partial charge in [-0.15, -0.1) is 0 Å². The molecule has 142 valence electrons. The fraction of sp³-hybridized carbons (Fsp3) is 0.333. The van der Waals surface area contributed by atoms with Gasteiger partial charge in [-0.1, -0.05) is 31.5 Å². The third kappa shape index (κ3) is 4.44. The summed E-state index contributed by atoms with van der Waals surface area (Å²) < 4.78 is 53.5. The molecule has 0 unspecified atom stereocenters. The summed E-state index contributed by atoms with van der Waals surface area (Å²) in [7, 11) is -4.59. The van der Waals surface area contributed by atoms with Crippen LogP contribution in [0.4, 0.5) is 5.69 Å². The van der Waals surface area contributed by atoms with Crippen molar-refractivity contribution in [1.82, 2.24) is 4.31 Å². The van der Waals surface area contributed by atoms with Crippen molar-refractivity contribution in [2.45, 2.75) is 36.5 Å². The lowest BCUT2D eigenvalue weighted by Gasteiger charge is -2.15. The number of aryl methyl sites for hydroxylation is 2. The summed E-state index contributed by atoms with van der Waals surface area (Å²) in [4.78, 5) is 0.205. The smallest absolute Gasteiger partial charge is 0.261 e. The first-order valence-corrected chi connectivity index (χ1v) is 11.1. The Morgan fingerprint density at radius 1 is 0.962 bits per heavy atom. The molecule has 26 heavy (non-hydrogen) atoms. The van der Waals surface area contributed by atoms with E-state index < -0.39 is 20.0 Å². The largest absolute Gasteiger partial charge is 0.280 e. The van der Waals surface area contributed by atoms with E-state index >= 15 is 0 Å². The van der Waals surface area contributed by atoms with Crippen LogP contribution in [0.1, 0.15) is 24.5 Å². The number of nitrogens with one attached hydrogen (secondary N) is 1. The summed E-state index contributed by atoms with van der Waals surface area (Å²) in [5.41, 5.74) is 1.82. The Bertz CT molecular complexity index is 980. The lowest BCUT2D eigenvalue weighted by molar-refractivity contribution is 0.520. The molecule has 2 rings (SSSR count). The normalized spacial score (nSPS) is 12.3. The predicted octanol–water partition coefficient (Wildman–Crippen LogP) is 3.00. The molecule has 0 heterocycles. The Morgan fingerprint density at radius 3 is 2.12 bits per heavy atom. The summed E-state index contributed by atoms with van der Waals surface area (Å²) in [6.07, 6.45) is 1.87. The van der Waals surface area contributed by atoms with Crippen LogP contribution in [-0.2, 0) is 26.5 Å². The number of anilines is 1. The van der Waals surface area contributed by atoms with Gasteiger partial charge >= 0.3 is 0 Å². The standard InChI is InChI=1S/C18H24N2O4S2/c1-5-6-15-8-11-17(12-9-15)25(21,22)19-16-10-7-14(2)18(13-16)26(23,24)20(3)4/h7-13,19H,5-6H2,1-4H3. The zero-order chi connectivity index (χ0) is 19.5. The lowest BCUT2D eigenvalue weighted by Crippen LogP contribution is -2.23. The maximum atomic E-state index is 12.6. The molecule has 2 aromatic rings. The third-order valence-corrected chi connectivity index (χ3v) is 7.33. The first kappa shape index (κ1) is 20.4. The average Bonchev–Trinajstić information content (AvgIpc) is 2.57. The van der Waals surface area contributed by atoms with Gasteiger partial charge in [-0.3, -0.25) is 4.72 Å². The second kappa shape index (κ2) is 7.77. The molecule has 6 nitrogen and oxygen atoms in total. The molecule has 8 heteroatoms. The highest BCUT2D eigenvalue weighted by atomic mass is 32.2. The molecule has 0 spiro atoms. The zero-order valence-electron chi connectivity index (χ0n) is 15.4. The van der Waals surface area contributed by atoms with E-state index in [9.17, 15) is 16.8 Å². The van der Waals surface area contributed by atoms with E-state index in [1.165, 1.54) is 20.2 Å². The first-order valence-electron chi connectivity index (χ1n) is 8.23. The number of nitrogens with zero attached hydrogens (tertiary/aromatic N) is 1. The monoisotopic (exact) mass is 396 g/mol. The summed E-state index contributed by atoms with van der Waals surface area (Å²) in [6.45, 7) is 3.73. The zero-order valence-corrected chi connectivity index (χ0v) is 17.0. The molecule has 0 saturated carbocycles. The van der Waals surface area contributed by atoms with E-state index in [-0.39, 0.29) is 15.5 Å². The van der Waals surface area contributed by atoms with Gasteiger partial charge in [-0.25, -0.2) is 21.1 Å². The van der Waals surface area contributed by atoms with Gasteiger partial charge in [0, 0.05) is 14.1 Å². The van der Waals surface area contributed by atoms with Gasteiger partial charge in [0.25, 0.3) is 10.0 Å². The van der Waals surface area contributed by atoms with Crippen LogP contribution in [0, 0.1) is 6.92 Å². The van der Waals surface area contributed by atoms with Crippen molar-refractivity contribution in [1.29, 1.82) is 0 Å². The molecule has 0 radical (unpaired) electrons. The number of rotatable bonds is 7. The maximum absolute atomic E-state index is 12.6. The van der Waals surface area contributed by atoms with E-state index in [1.54, 1.807) is 43.3 Å². The molecule has 0 aromatic heterocycles. The molecule has 1 N–H and O–H groups in total.